The zero-order valence-corrected chi connectivity index (χ0v) is 29.4. The summed E-state index contributed by atoms with van der Waals surface area (Å²) in [5.41, 5.74) is 9.87. The van der Waals surface area contributed by atoms with Gasteiger partial charge in [-0.25, -0.2) is 0 Å². The fourth-order valence-corrected chi connectivity index (χ4v) is 8.44. The van der Waals surface area contributed by atoms with Crippen LogP contribution in [0.2, 0.25) is 0 Å². The summed E-state index contributed by atoms with van der Waals surface area (Å²) in [4.78, 5) is 2.38. The highest BCUT2D eigenvalue weighted by atomic mass is 16.3. The number of rotatable bonds is 5. The van der Waals surface area contributed by atoms with E-state index < -0.39 is 0 Å². The Hall–Kier alpha value is -7.16. The molecule has 0 fully saturated rings. The van der Waals surface area contributed by atoms with E-state index in [0.29, 0.717) is 0 Å². The van der Waals surface area contributed by atoms with Crippen LogP contribution in [0.5, 0.6) is 0 Å². The number of fused-ring (bicyclic) bond motifs is 9. The van der Waals surface area contributed by atoms with Gasteiger partial charge in [0.25, 0.3) is 0 Å². The molecule has 0 saturated heterocycles. The second-order valence-electron chi connectivity index (χ2n) is 14.1. The Kier molecular flexibility index (Phi) is 6.90. The van der Waals surface area contributed by atoms with Gasteiger partial charge in [-0.15, -0.1) is 0 Å². The lowest BCUT2D eigenvalue weighted by molar-refractivity contribution is 0.669. The van der Waals surface area contributed by atoms with Crippen LogP contribution >= 0.6 is 0 Å². The normalized spacial score (nSPS) is 11.7. The molecule has 0 aliphatic heterocycles. The first-order valence-electron chi connectivity index (χ1n) is 18.5. The second kappa shape index (κ2) is 12.2. The van der Waals surface area contributed by atoms with Gasteiger partial charge in [0.2, 0.25) is 0 Å². The van der Waals surface area contributed by atoms with E-state index in [0.717, 1.165) is 44.4 Å². The molecule has 11 aromatic rings. The fourth-order valence-electron chi connectivity index (χ4n) is 8.44. The average molecular weight is 688 g/mol. The molecule has 0 aliphatic carbocycles. The third kappa shape index (κ3) is 4.88. The lowest BCUT2D eigenvalue weighted by Crippen LogP contribution is -2.10. The summed E-state index contributed by atoms with van der Waals surface area (Å²) in [6, 6.07) is 72.3. The third-order valence-corrected chi connectivity index (χ3v) is 11.0. The number of furan rings is 1. The molecule has 0 bridgehead atoms. The molecule has 0 radical (unpaired) electrons. The van der Waals surface area contributed by atoms with Crippen molar-refractivity contribution in [2.45, 2.75) is 0 Å². The maximum Gasteiger partial charge on any atom is 0.136 e. The van der Waals surface area contributed by atoms with Gasteiger partial charge in [0.05, 0.1) is 5.69 Å². The van der Waals surface area contributed by atoms with Crippen molar-refractivity contribution in [3.8, 4) is 22.3 Å². The molecule has 2 heteroatoms. The third-order valence-electron chi connectivity index (χ3n) is 11.0. The Morgan fingerprint density at radius 1 is 0.315 bits per heavy atom. The number of benzene rings is 10. The summed E-state index contributed by atoms with van der Waals surface area (Å²) in [6.07, 6.45) is 0. The Morgan fingerprint density at radius 3 is 1.72 bits per heavy atom. The van der Waals surface area contributed by atoms with Gasteiger partial charge >= 0.3 is 0 Å². The number of hydrogen-bond acceptors (Lipinski definition) is 2. The van der Waals surface area contributed by atoms with Gasteiger partial charge in [-0.2, -0.15) is 0 Å². The van der Waals surface area contributed by atoms with Crippen LogP contribution in [0.4, 0.5) is 17.1 Å². The van der Waals surface area contributed by atoms with Crippen molar-refractivity contribution < 1.29 is 4.42 Å². The quantitative estimate of drug-likeness (QED) is 0.168. The van der Waals surface area contributed by atoms with E-state index in [2.05, 4.69) is 193 Å². The highest BCUT2D eigenvalue weighted by Gasteiger charge is 2.19. The zero-order chi connectivity index (χ0) is 35.6. The number of anilines is 3. The van der Waals surface area contributed by atoms with Gasteiger partial charge in [-0.05, 0) is 115 Å². The van der Waals surface area contributed by atoms with E-state index in [1.54, 1.807) is 0 Å². The SMILES string of the molecule is c1ccc(-c2ccc(N(c3ccc(-c4cc5ccc6ccccc6c5c5ccccc45)cc3)c3cccc4cc5c(cc34)oc3ccccc35)cc2)cc1. The minimum absolute atomic E-state index is 0.891. The molecule has 0 unspecified atom stereocenters. The summed E-state index contributed by atoms with van der Waals surface area (Å²) in [7, 11) is 0. The second-order valence-corrected chi connectivity index (χ2v) is 14.1. The minimum Gasteiger partial charge on any atom is -0.456 e. The molecule has 252 valence electrons. The standard InChI is InChI=1S/C52H33NO/c1-2-11-34(12-3-1)35-23-27-40(28-24-35)53(49-19-10-14-38-31-48-44-17-8-9-20-50(44)54-51(48)33-47(38)49)41-29-25-37(26-30-41)46-32-39-22-21-36-13-4-5-15-42(36)52(39)45-18-7-6-16-43(45)46/h1-33H. The number of para-hydroxylation sites is 1. The highest BCUT2D eigenvalue weighted by molar-refractivity contribution is 6.23. The maximum absolute atomic E-state index is 6.41. The molecule has 54 heavy (non-hydrogen) atoms. The van der Waals surface area contributed by atoms with Crippen molar-refractivity contribution in [1.29, 1.82) is 0 Å². The Bertz CT molecular complexity index is 3190. The molecule has 0 amide bonds. The maximum atomic E-state index is 6.41. The van der Waals surface area contributed by atoms with Crippen LogP contribution in [0.1, 0.15) is 0 Å². The fraction of sp³-hybridized carbons (Fsp3) is 0. The molecule has 11 rings (SSSR count). The van der Waals surface area contributed by atoms with E-state index >= 15 is 0 Å². The van der Waals surface area contributed by atoms with Crippen LogP contribution in [0.25, 0.3) is 87.3 Å². The Balaban J connectivity index is 1.08. The lowest BCUT2D eigenvalue weighted by Gasteiger charge is -2.27. The van der Waals surface area contributed by atoms with Crippen LogP contribution in [0.3, 0.4) is 0 Å². The van der Waals surface area contributed by atoms with Gasteiger partial charge in [-0.1, -0.05) is 146 Å². The van der Waals surface area contributed by atoms with Gasteiger partial charge in [0, 0.05) is 27.5 Å². The lowest BCUT2D eigenvalue weighted by atomic mass is 9.90. The predicted molar refractivity (Wildman–Crippen MR) is 229 cm³/mol. The van der Waals surface area contributed by atoms with Crippen LogP contribution in [-0.4, -0.2) is 0 Å². The molecular weight excluding hydrogens is 655 g/mol. The van der Waals surface area contributed by atoms with Crippen molar-refractivity contribution >= 4 is 82.1 Å². The predicted octanol–water partition coefficient (Wildman–Crippen LogP) is 15.0. The van der Waals surface area contributed by atoms with Crippen LogP contribution in [0, 0.1) is 0 Å². The van der Waals surface area contributed by atoms with Crippen molar-refractivity contribution in [2.75, 3.05) is 4.90 Å². The first-order chi connectivity index (χ1) is 26.8. The van der Waals surface area contributed by atoms with E-state index in [-0.39, 0.29) is 0 Å². The van der Waals surface area contributed by atoms with E-state index in [4.69, 9.17) is 4.42 Å². The molecule has 0 atom stereocenters. The first-order valence-corrected chi connectivity index (χ1v) is 18.5. The van der Waals surface area contributed by atoms with Gasteiger partial charge in [0.15, 0.2) is 0 Å². The molecular formula is C52H33NO. The Morgan fingerprint density at radius 2 is 0.926 bits per heavy atom. The molecule has 0 aliphatic rings. The van der Waals surface area contributed by atoms with Crippen LogP contribution < -0.4 is 4.90 Å². The van der Waals surface area contributed by atoms with E-state index in [1.165, 1.54) is 60.0 Å². The van der Waals surface area contributed by atoms with Crippen LogP contribution in [0.15, 0.2) is 205 Å². The van der Waals surface area contributed by atoms with E-state index in [1.807, 2.05) is 12.1 Å². The molecule has 0 spiro atoms. The van der Waals surface area contributed by atoms with Gasteiger partial charge in [0.1, 0.15) is 11.2 Å². The van der Waals surface area contributed by atoms with E-state index in [9.17, 15) is 0 Å². The molecule has 1 aromatic heterocycles. The summed E-state index contributed by atoms with van der Waals surface area (Å²) in [5, 5.41) is 12.2. The van der Waals surface area contributed by atoms with Crippen molar-refractivity contribution in [3.63, 3.8) is 0 Å². The van der Waals surface area contributed by atoms with Gasteiger partial charge in [-0.3, -0.25) is 0 Å². The van der Waals surface area contributed by atoms with Crippen molar-refractivity contribution in [2.24, 2.45) is 0 Å². The Labute approximate surface area is 312 Å². The minimum atomic E-state index is 0.891. The van der Waals surface area contributed by atoms with Gasteiger partial charge < -0.3 is 9.32 Å². The topological polar surface area (TPSA) is 16.4 Å². The molecule has 0 saturated carbocycles. The monoisotopic (exact) mass is 687 g/mol. The summed E-state index contributed by atoms with van der Waals surface area (Å²) in [5.74, 6) is 0. The molecule has 1 heterocycles. The van der Waals surface area contributed by atoms with Crippen LogP contribution in [-0.2, 0) is 0 Å². The number of hydrogen-bond donors (Lipinski definition) is 0. The molecule has 10 aromatic carbocycles. The first kappa shape index (κ1) is 30.5. The molecule has 0 N–H and O–H groups in total. The van der Waals surface area contributed by atoms with Crippen molar-refractivity contribution in [1.82, 2.24) is 0 Å². The smallest absolute Gasteiger partial charge is 0.136 e. The summed E-state index contributed by atoms with van der Waals surface area (Å²) in [6.45, 7) is 0. The van der Waals surface area contributed by atoms with Crippen molar-refractivity contribution in [3.05, 3.63) is 200 Å². The largest absolute Gasteiger partial charge is 0.456 e. The highest BCUT2D eigenvalue weighted by Crippen LogP contribution is 2.44. The summed E-state index contributed by atoms with van der Waals surface area (Å²) < 4.78 is 6.41. The molecule has 2 nitrogen and oxygen atoms in total. The summed E-state index contributed by atoms with van der Waals surface area (Å²) >= 11 is 0. The zero-order valence-electron chi connectivity index (χ0n) is 29.4. The average Bonchev–Trinajstić information content (AvgIpc) is 3.61. The number of nitrogens with zero attached hydrogens (tertiary/aromatic N) is 1.